The number of benzene rings is 1. The number of carbonyl (C=O) groups excluding carboxylic acids is 1. The van der Waals surface area contributed by atoms with Crippen molar-refractivity contribution < 1.29 is 14.7 Å². The Morgan fingerprint density at radius 2 is 1.90 bits per heavy atom. The zero-order valence-corrected chi connectivity index (χ0v) is 17.1. The van der Waals surface area contributed by atoms with Crippen molar-refractivity contribution >= 4 is 34.4 Å². The Labute approximate surface area is 177 Å². The van der Waals surface area contributed by atoms with Gasteiger partial charge in [0.15, 0.2) is 0 Å². The van der Waals surface area contributed by atoms with Gasteiger partial charge in [0.05, 0.1) is 0 Å². The van der Waals surface area contributed by atoms with E-state index in [4.69, 9.17) is 11.6 Å². The van der Waals surface area contributed by atoms with Gasteiger partial charge >= 0.3 is 5.97 Å². The molecule has 2 aromatic heterocycles. The number of nitrogens with zero attached hydrogens (tertiary/aromatic N) is 3. The molecule has 9 heteroatoms. The first-order valence-electron chi connectivity index (χ1n) is 9.56. The van der Waals surface area contributed by atoms with E-state index >= 15 is 0 Å². The molecule has 1 saturated heterocycles. The number of fused-ring (bicyclic) bond motifs is 1. The third-order valence-corrected chi connectivity index (χ3v) is 5.70. The fraction of sp³-hybridized carbons (Fsp3) is 0.286. The van der Waals surface area contributed by atoms with E-state index in [1.165, 1.54) is 10.8 Å². The average Bonchev–Trinajstić information content (AvgIpc) is 3.02. The van der Waals surface area contributed by atoms with Crippen molar-refractivity contribution in [1.29, 1.82) is 0 Å². The molecule has 0 unspecified atom stereocenters. The number of carboxylic acids is 1. The van der Waals surface area contributed by atoms with Crippen LogP contribution in [0.25, 0.3) is 22.0 Å². The Kier molecular flexibility index (Phi) is 5.36. The third-order valence-electron chi connectivity index (χ3n) is 5.46. The van der Waals surface area contributed by atoms with Gasteiger partial charge < -0.3 is 24.5 Å². The zero-order valence-electron chi connectivity index (χ0n) is 16.4. The summed E-state index contributed by atoms with van der Waals surface area (Å²) in [5.41, 5.74) is 0.495. The van der Waals surface area contributed by atoms with E-state index in [0.29, 0.717) is 29.0 Å². The molecule has 0 radical (unpaired) electrons. The van der Waals surface area contributed by atoms with Gasteiger partial charge in [0, 0.05) is 59.4 Å². The Morgan fingerprint density at radius 1 is 1.17 bits per heavy atom. The van der Waals surface area contributed by atoms with E-state index in [-0.39, 0.29) is 29.3 Å². The van der Waals surface area contributed by atoms with Crippen LogP contribution in [0.1, 0.15) is 10.5 Å². The van der Waals surface area contributed by atoms with E-state index in [1.807, 2.05) is 7.05 Å². The standard InChI is InChI=1S/C21H21ClN4O4/c1-24-7-9-25(10-8-24)17(27)12-26-16-5-4-13(22)11-15(16)18(19(26)21(29)30)14-3-2-6-23-20(14)28/h2-6,11H,7-10,12H2,1H3,(H,23,28)(H,29,30). The summed E-state index contributed by atoms with van der Waals surface area (Å²) in [5, 5.41) is 11.0. The molecule has 30 heavy (non-hydrogen) atoms. The Hall–Kier alpha value is -3.10. The van der Waals surface area contributed by atoms with Crippen molar-refractivity contribution in [3.8, 4) is 11.1 Å². The molecule has 8 nitrogen and oxygen atoms in total. The van der Waals surface area contributed by atoms with Crippen LogP contribution < -0.4 is 5.56 Å². The number of likely N-dealkylation sites (N-methyl/N-ethyl adjacent to an activating group) is 1. The second-order valence-electron chi connectivity index (χ2n) is 7.37. The molecule has 1 fully saturated rings. The van der Waals surface area contributed by atoms with Crippen molar-refractivity contribution in [1.82, 2.24) is 19.4 Å². The second-order valence-corrected chi connectivity index (χ2v) is 7.81. The molecule has 0 saturated carbocycles. The monoisotopic (exact) mass is 428 g/mol. The lowest BCUT2D eigenvalue weighted by Gasteiger charge is -2.32. The highest BCUT2D eigenvalue weighted by molar-refractivity contribution is 6.31. The molecule has 1 aromatic carbocycles. The summed E-state index contributed by atoms with van der Waals surface area (Å²) in [7, 11) is 2.00. The van der Waals surface area contributed by atoms with Gasteiger partial charge in [-0.1, -0.05) is 11.6 Å². The van der Waals surface area contributed by atoms with Gasteiger partial charge in [-0.25, -0.2) is 4.79 Å². The molecular formula is C21H21ClN4O4. The summed E-state index contributed by atoms with van der Waals surface area (Å²) in [6, 6.07) is 8.15. The van der Waals surface area contributed by atoms with Crippen molar-refractivity contribution in [2.24, 2.45) is 0 Å². The molecule has 1 amide bonds. The zero-order chi connectivity index (χ0) is 21.4. The molecule has 3 heterocycles. The molecule has 2 N–H and O–H groups in total. The predicted molar refractivity (Wildman–Crippen MR) is 114 cm³/mol. The van der Waals surface area contributed by atoms with Crippen molar-refractivity contribution in [2.75, 3.05) is 33.2 Å². The number of hydrogen-bond acceptors (Lipinski definition) is 4. The number of carboxylic acid groups (broad SMARTS) is 1. The van der Waals surface area contributed by atoms with Crippen LogP contribution in [0, 0.1) is 0 Å². The molecule has 0 atom stereocenters. The quantitative estimate of drug-likeness (QED) is 0.663. The maximum atomic E-state index is 13.0. The number of aromatic nitrogens is 2. The van der Waals surface area contributed by atoms with Crippen LogP contribution in [0.5, 0.6) is 0 Å². The van der Waals surface area contributed by atoms with Crippen LogP contribution in [-0.2, 0) is 11.3 Å². The van der Waals surface area contributed by atoms with Crippen LogP contribution >= 0.6 is 11.6 Å². The van der Waals surface area contributed by atoms with Crippen molar-refractivity contribution in [3.05, 3.63) is 57.6 Å². The van der Waals surface area contributed by atoms with Crippen LogP contribution in [0.2, 0.25) is 5.02 Å². The lowest BCUT2D eigenvalue weighted by atomic mass is 10.0. The lowest BCUT2D eigenvalue weighted by molar-refractivity contribution is -0.133. The largest absolute Gasteiger partial charge is 0.477 e. The summed E-state index contributed by atoms with van der Waals surface area (Å²) in [6.45, 7) is 2.59. The Balaban J connectivity index is 1.88. The van der Waals surface area contributed by atoms with Crippen LogP contribution in [-0.4, -0.2) is 69.6 Å². The van der Waals surface area contributed by atoms with E-state index in [9.17, 15) is 19.5 Å². The first kappa shape index (κ1) is 20.2. The highest BCUT2D eigenvalue weighted by Gasteiger charge is 2.28. The maximum Gasteiger partial charge on any atom is 0.353 e. The van der Waals surface area contributed by atoms with E-state index < -0.39 is 11.5 Å². The van der Waals surface area contributed by atoms with Gasteiger partial charge in [-0.2, -0.15) is 0 Å². The highest BCUT2D eigenvalue weighted by atomic mass is 35.5. The summed E-state index contributed by atoms with van der Waals surface area (Å²) in [5.74, 6) is -1.38. The normalized spacial score (nSPS) is 14.9. The molecule has 3 aromatic rings. The van der Waals surface area contributed by atoms with E-state index in [0.717, 1.165) is 13.1 Å². The Morgan fingerprint density at radius 3 is 2.57 bits per heavy atom. The summed E-state index contributed by atoms with van der Waals surface area (Å²) < 4.78 is 1.47. The van der Waals surface area contributed by atoms with Crippen molar-refractivity contribution in [3.63, 3.8) is 0 Å². The number of nitrogens with one attached hydrogen (secondary N) is 1. The van der Waals surface area contributed by atoms with Crippen molar-refractivity contribution in [2.45, 2.75) is 6.54 Å². The summed E-state index contributed by atoms with van der Waals surface area (Å²) in [6.07, 6.45) is 1.48. The molecule has 156 valence electrons. The summed E-state index contributed by atoms with van der Waals surface area (Å²) in [4.78, 5) is 44.2. The predicted octanol–water partition coefficient (Wildman–Crippen LogP) is 2.12. The van der Waals surface area contributed by atoms with Crippen LogP contribution in [0.15, 0.2) is 41.3 Å². The molecule has 0 bridgehead atoms. The maximum absolute atomic E-state index is 13.0. The van der Waals surface area contributed by atoms with Gasteiger partial charge in [-0.15, -0.1) is 0 Å². The first-order chi connectivity index (χ1) is 14.4. The Bertz CT molecular complexity index is 1190. The number of pyridine rings is 1. The minimum Gasteiger partial charge on any atom is -0.477 e. The number of halogens is 1. The number of carbonyl (C=O) groups is 2. The second kappa shape index (κ2) is 7.97. The fourth-order valence-corrected chi connectivity index (χ4v) is 4.07. The highest BCUT2D eigenvalue weighted by Crippen LogP contribution is 2.35. The number of rotatable bonds is 4. The lowest BCUT2D eigenvalue weighted by Crippen LogP contribution is -2.48. The number of aromatic carboxylic acids is 1. The fourth-order valence-electron chi connectivity index (χ4n) is 3.90. The molecular weight excluding hydrogens is 408 g/mol. The third kappa shape index (κ3) is 3.59. The minimum atomic E-state index is -1.22. The molecule has 0 spiro atoms. The van der Waals surface area contributed by atoms with Gasteiger partial charge in [0.25, 0.3) is 5.56 Å². The van der Waals surface area contributed by atoms with Gasteiger partial charge in [0.1, 0.15) is 12.2 Å². The molecule has 0 aliphatic carbocycles. The first-order valence-corrected chi connectivity index (χ1v) is 9.94. The number of H-pyrrole nitrogens is 1. The number of amides is 1. The molecule has 1 aliphatic rings. The minimum absolute atomic E-state index is 0.105. The number of piperazine rings is 1. The number of hydrogen-bond donors (Lipinski definition) is 2. The number of aromatic amines is 1. The van der Waals surface area contributed by atoms with Gasteiger partial charge in [0.2, 0.25) is 5.91 Å². The molecule has 4 rings (SSSR count). The average molecular weight is 429 g/mol. The SMILES string of the molecule is CN1CCN(C(=O)Cn2c(C(=O)O)c(-c3ccc[nH]c3=O)c3cc(Cl)ccc32)CC1. The topological polar surface area (TPSA) is 98.6 Å². The van der Waals surface area contributed by atoms with Gasteiger partial charge in [-0.05, 0) is 37.4 Å². The van der Waals surface area contributed by atoms with Crippen LogP contribution in [0.4, 0.5) is 0 Å². The molecule has 1 aliphatic heterocycles. The van der Waals surface area contributed by atoms with Gasteiger partial charge in [-0.3, -0.25) is 9.59 Å². The van der Waals surface area contributed by atoms with Crippen LogP contribution in [0.3, 0.4) is 0 Å². The van der Waals surface area contributed by atoms with E-state index in [2.05, 4.69) is 9.88 Å². The van der Waals surface area contributed by atoms with E-state index in [1.54, 1.807) is 35.2 Å². The smallest absolute Gasteiger partial charge is 0.353 e. The summed E-state index contributed by atoms with van der Waals surface area (Å²) >= 11 is 6.18.